The second kappa shape index (κ2) is 5.02. The molecule has 1 aliphatic rings. The Bertz CT molecular complexity index is 597. The predicted octanol–water partition coefficient (Wildman–Crippen LogP) is 3.36. The average Bonchev–Trinajstić information content (AvgIpc) is 2.83. The van der Waals surface area contributed by atoms with Gasteiger partial charge in [0, 0.05) is 12.1 Å². The minimum atomic E-state index is -0.151. The lowest BCUT2D eigenvalue weighted by Gasteiger charge is -2.12. The first-order valence-corrected chi connectivity index (χ1v) is 6.44. The molecule has 2 aromatic rings. The van der Waals surface area contributed by atoms with Crippen molar-refractivity contribution in [2.45, 2.75) is 19.5 Å². The van der Waals surface area contributed by atoms with Crippen molar-refractivity contribution in [3.8, 4) is 5.75 Å². The summed E-state index contributed by atoms with van der Waals surface area (Å²) < 4.78 is 19.1. The molecular weight excluding hydrogens is 241 g/mol. The Morgan fingerprint density at radius 1 is 1.26 bits per heavy atom. The van der Waals surface area contributed by atoms with Gasteiger partial charge in [0.1, 0.15) is 18.2 Å². The van der Waals surface area contributed by atoms with E-state index in [-0.39, 0.29) is 11.9 Å². The van der Waals surface area contributed by atoms with Gasteiger partial charge in [-0.2, -0.15) is 0 Å². The third-order valence-corrected chi connectivity index (χ3v) is 3.49. The Hall–Kier alpha value is -1.87. The first-order chi connectivity index (χ1) is 9.24. The van der Waals surface area contributed by atoms with Gasteiger partial charge in [0.25, 0.3) is 0 Å². The smallest absolute Gasteiger partial charge is 0.126 e. The molecule has 0 amide bonds. The quantitative estimate of drug-likeness (QED) is 0.910. The van der Waals surface area contributed by atoms with E-state index in [0.717, 1.165) is 11.3 Å². The molecule has 3 rings (SSSR count). The van der Waals surface area contributed by atoms with Crippen LogP contribution >= 0.6 is 0 Å². The van der Waals surface area contributed by atoms with Crippen LogP contribution in [0.5, 0.6) is 5.75 Å². The zero-order valence-corrected chi connectivity index (χ0v) is 10.8. The number of rotatable bonds is 3. The van der Waals surface area contributed by atoms with E-state index in [0.29, 0.717) is 18.7 Å². The summed E-state index contributed by atoms with van der Waals surface area (Å²) in [5.41, 5.74) is 2.81. The number of aryl methyl sites for hydroxylation is 1. The minimum Gasteiger partial charge on any atom is -0.491 e. The van der Waals surface area contributed by atoms with Gasteiger partial charge in [-0.15, -0.1) is 0 Å². The summed E-state index contributed by atoms with van der Waals surface area (Å²) in [6, 6.07) is 13.5. The van der Waals surface area contributed by atoms with Gasteiger partial charge in [-0.3, -0.25) is 0 Å². The lowest BCUT2D eigenvalue weighted by atomic mass is 10.1. The van der Waals surface area contributed by atoms with Crippen LogP contribution in [0, 0.1) is 12.7 Å². The van der Waals surface area contributed by atoms with Crippen molar-refractivity contribution in [1.82, 2.24) is 5.32 Å². The first kappa shape index (κ1) is 12.2. The molecule has 1 heterocycles. The maximum Gasteiger partial charge on any atom is 0.126 e. The normalized spacial score (nSPS) is 17.1. The summed E-state index contributed by atoms with van der Waals surface area (Å²) in [5.74, 6) is 0.789. The van der Waals surface area contributed by atoms with Crippen LogP contribution in [-0.4, -0.2) is 6.61 Å². The van der Waals surface area contributed by atoms with Crippen molar-refractivity contribution >= 4 is 0 Å². The summed E-state index contributed by atoms with van der Waals surface area (Å²) in [7, 11) is 0. The highest BCUT2D eigenvalue weighted by molar-refractivity contribution is 5.39. The lowest BCUT2D eigenvalue weighted by Crippen LogP contribution is -2.22. The minimum absolute atomic E-state index is 0.151. The summed E-state index contributed by atoms with van der Waals surface area (Å²) in [4.78, 5) is 0. The Labute approximate surface area is 112 Å². The molecule has 2 aromatic carbocycles. The van der Waals surface area contributed by atoms with E-state index in [4.69, 9.17) is 4.74 Å². The highest BCUT2D eigenvalue weighted by atomic mass is 19.1. The number of benzene rings is 2. The molecule has 3 heteroatoms. The fraction of sp³-hybridized carbons (Fsp3) is 0.250. The summed E-state index contributed by atoms with van der Waals surface area (Å²) >= 11 is 0. The largest absolute Gasteiger partial charge is 0.491 e. The topological polar surface area (TPSA) is 21.3 Å². The molecule has 1 unspecified atom stereocenters. The van der Waals surface area contributed by atoms with Crippen molar-refractivity contribution in [3.05, 3.63) is 65.0 Å². The van der Waals surface area contributed by atoms with Crippen LogP contribution in [0.2, 0.25) is 0 Å². The van der Waals surface area contributed by atoms with Crippen LogP contribution in [0.3, 0.4) is 0 Å². The van der Waals surface area contributed by atoms with Gasteiger partial charge in [0.2, 0.25) is 0 Å². The van der Waals surface area contributed by atoms with Gasteiger partial charge in [-0.1, -0.05) is 30.3 Å². The Kier molecular flexibility index (Phi) is 3.22. The van der Waals surface area contributed by atoms with Gasteiger partial charge in [0.05, 0.1) is 6.04 Å². The van der Waals surface area contributed by atoms with Crippen molar-refractivity contribution < 1.29 is 9.13 Å². The zero-order valence-electron chi connectivity index (χ0n) is 10.8. The number of fused-ring (bicyclic) bond motifs is 1. The SMILES string of the molecule is Cc1ccc(CNC2COc3ccccc32)cc1F. The van der Waals surface area contributed by atoms with Gasteiger partial charge in [-0.25, -0.2) is 4.39 Å². The third-order valence-electron chi connectivity index (χ3n) is 3.49. The van der Waals surface area contributed by atoms with Crippen LogP contribution in [-0.2, 0) is 6.54 Å². The van der Waals surface area contributed by atoms with Crippen LogP contribution in [0.25, 0.3) is 0 Å². The van der Waals surface area contributed by atoms with Gasteiger partial charge in [0.15, 0.2) is 0 Å². The summed E-state index contributed by atoms with van der Waals surface area (Å²) in [5, 5.41) is 3.41. The van der Waals surface area contributed by atoms with Crippen LogP contribution in [0.15, 0.2) is 42.5 Å². The van der Waals surface area contributed by atoms with Crippen LogP contribution < -0.4 is 10.1 Å². The molecule has 0 fully saturated rings. The lowest BCUT2D eigenvalue weighted by molar-refractivity contribution is 0.310. The van der Waals surface area contributed by atoms with Gasteiger partial charge >= 0.3 is 0 Å². The number of hydrogen-bond donors (Lipinski definition) is 1. The van der Waals surface area contributed by atoms with Crippen LogP contribution in [0.1, 0.15) is 22.7 Å². The van der Waals surface area contributed by atoms with Gasteiger partial charge < -0.3 is 10.1 Å². The molecule has 98 valence electrons. The fourth-order valence-electron chi connectivity index (χ4n) is 2.32. The Morgan fingerprint density at radius 3 is 2.95 bits per heavy atom. The molecule has 1 atom stereocenters. The van der Waals surface area contributed by atoms with Gasteiger partial charge in [-0.05, 0) is 30.2 Å². The Balaban J connectivity index is 1.69. The van der Waals surface area contributed by atoms with Crippen LogP contribution in [0.4, 0.5) is 4.39 Å². The monoisotopic (exact) mass is 257 g/mol. The Morgan fingerprint density at radius 2 is 2.11 bits per heavy atom. The molecule has 0 saturated carbocycles. The number of nitrogens with one attached hydrogen (secondary N) is 1. The van der Waals surface area contributed by atoms with Crippen molar-refractivity contribution in [3.63, 3.8) is 0 Å². The molecular formula is C16H16FNO. The molecule has 1 aliphatic heterocycles. The van der Waals surface area contributed by atoms with E-state index in [1.165, 1.54) is 5.56 Å². The second-order valence-corrected chi connectivity index (χ2v) is 4.87. The standard InChI is InChI=1S/C16H16FNO/c1-11-6-7-12(8-14(11)17)9-18-15-10-19-16-5-3-2-4-13(15)16/h2-8,15,18H,9-10H2,1H3. The molecule has 19 heavy (non-hydrogen) atoms. The maximum atomic E-state index is 13.5. The molecule has 0 aromatic heterocycles. The van der Waals surface area contributed by atoms with Crippen molar-refractivity contribution in [2.24, 2.45) is 0 Å². The highest BCUT2D eigenvalue weighted by Crippen LogP contribution is 2.31. The molecule has 2 nitrogen and oxygen atoms in total. The van der Waals surface area contributed by atoms with Crippen molar-refractivity contribution in [2.75, 3.05) is 6.61 Å². The predicted molar refractivity (Wildman–Crippen MR) is 72.7 cm³/mol. The molecule has 0 spiro atoms. The molecule has 0 aliphatic carbocycles. The second-order valence-electron chi connectivity index (χ2n) is 4.87. The molecule has 0 saturated heterocycles. The van der Waals surface area contributed by atoms with E-state index in [1.807, 2.05) is 30.3 Å². The maximum absolute atomic E-state index is 13.5. The van der Waals surface area contributed by atoms with E-state index < -0.39 is 0 Å². The summed E-state index contributed by atoms with van der Waals surface area (Å²) in [6.45, 7) is 3.04. The molecule has 0 radical (unpaired) electrons. The van der Waals surface area contributed by atoms with E-state index in [9.17, 15) is 4.39 Å². The highest BCUT2D eigenvalue weighted by Gasteiger charge is 2.22. The molecule has 0 bridgehead atoms. The number of para-hydroxylation sites is 1. The number of halogens is 1. The summed E-state index contributed by atoms with van der Waals surface area (Å²) in [6.07, 6.45) is 0. The zero-order chi connectivity index (χ0) is 13.2. The third kappa shape index (κ3) is 2.47. The first-order valence-electron chi connectivity index (χ1n) is 6.44. The fourth-order valence-corrected chi connectivity index (χ4v) is 2.32. The van der Waals surface area contributed by atoms with E-state index in [2.05, 4.69) is 11.4 Å². The average molecular weight is 257 g/mol. The van der Waals surface area contributed by atoms with E-state index >= 15 is 0 Å². The number of ether oxygens (including phenoxy) is 1. The molecule has 1 N–H and O–H groups in total. The number of hydrogen-bond acceptors (Lipinski definition) is 2. The van der Waals surface area contributed by atoms with Crippen molar-refractivity contribution in [1.29, 1.82) is 0 Å². The van der Waals surface area contributed by atoms with E-state index in [1.54, 1.807) is 13.0 Å².